The van der Waals surface area contributed by atoms with Crippen LogP contribution in [0.3, 0.4) is 0 Å². The van der Waals surface area contributed by atoms with E-state index in [1.54, 1.807) is 12.1 Å². The Morgan fingerprint density at radius 2 is 2.00 bits per heavy atom. The molecule has 102 valence electrons. The topological polar surface area (TPSA) is 55.2 Å². The van der Waals surface area contributed by atoms with E-state index >= 15 is 0 Å². The smallest absolute Gasteiger partial charge is 0.269 e. The average Bonchev–Trinajstić information content (AvgIpc) is 2.82. The molecule has 3 rings (SSSR count). The summed E-state index contributed by atoms with van der Waals surface area (Å²) in [6, 6.07) is 5.23. The second kappa shape index (κ2) is 4.83. The van der Waals surface area contributed by atoms with Crippen molar-refractivity contribution in [2.75, 3.05) is 11.9 Å². The fraction of sp³-hybridized carbons (Fsp3) is 0.600. The Labute approximate surface area is 113 Å². The fourth-order valence-electron chi connectivity index (χ4n) is 3.57. The molecule has 4 heteroatoms. The van der Waals surface area contributed by atoms with Crippen molar-refractivity contribution in [2.45, 2.75) is 38.5 Å². The third-order valence-electron chi connectivity index (χ3n) is 4.79. The van der Waals surface area contributed by atoms with E-state index in [-0.39, 0.29) is 10.6 Å². The molecule has 1 atom stereocenters. The minimum Gasteiger partial charge on any atom is -0.384 e. The Balaban J connectivity index is 1.84. The highest BCUT2D eigenvalue weighted by atomic mass is 16.6. The molecule has 19 heavy (non-hydrogen) atoms. The van der Waals surface area contributed by atoms with Gasteiger partial charge in [-0.3, -0.25) is 10.1 Å². The van der Waals surface area contributed by atoms with Gasteiger partial charge in [0.15, 0.2) is 0 Å². The van der Waals surface area contributed by atoms with Gasteiger partial charge in [-0.1, -0.05) is 19.8 Å². The van der Waals surface area contributed by atoms with Crippen molar-refractivity contribution < 1.29 is 4.92 Å². The van der Waals surface area contributed by atoms with Crippen molar-refractivity contribution in [1.82, 2.24) is 0 Å². The molecule has 1 saturated carbocycles. The molecule has 1 aromatic rings. The summed E-state index contributed by atoms with van der Waals surface area (Å²) in [7, 11) is 0. The summed E-state index contributed by atoms with van der Waals surface area (Å²) in [5.74, 6) is 1.99. The number of fused-ring (bicyclic) bond motifs is 1. The van der Waals surface area contributed by atoms with Crippen molar-refractivity contribution in [2.24, 2.45) is 11.8 Å². The Morgan fingerprint density at radius 1 is 1.26 bits per heavy atom. The van der Waals surface area contributed by atoms with Gasteiger partial charge in [-0.15, -0.1) is 0 Å². The van der Waals surface area contributed by atoms with E-state index in [2.05, 4.69) is 12.2 Å². The maximum atomic E-state index is 10.9. The first-order chi connectivity index (χ1) is 9.15. The summed E-state index contributed by atoms with van der Waals surface area (Å²) in [4.78, 5) is 10.6. The number of anilines is 1. The third kappa shape index (κ3) is 2.31. The average molecular weight is 260 g/mol. The van der Waals surface area contributed by atoms with Gasteiger partial charge in [0.05, 0.1) is 4.92 Å². The zero-order chi connectivity index (χ0) is 13.4. The van der Waals surface area contributed by atoms with Gasteiger partial charge < -0.3 is 5.32 Å². The molecular formula is C15H20N2O2. The van der Waals surface area contributed by atoms with Gasteiger partial charge in [0, 0.05) is 30.3 Å². The van der Waals surface area contributed by atoms with Crippen LogP contribution in [0.2, 0.25) is 0 Å². The number of nitrogens with one attached hydrogen (secondary N) is 1. The van der Waals surface area contributed by atoms with Crippen molar-refractivity contribution in [3.8, 4) is 0 Å². The van der Waals surface area contributed by atoms with E-state index in [1.165, 1.54) is 25.7 Å². The lowest BCUT2D eigenvalue weighted by molar-refractivity contribution is -0.384. The third-order valence-corrected chi connectivity index (χ3v) is 4.79. The first-order valence-electron chi connectivity index (χ1n) is 7.17. The summed E-state index contributed by atoms with van der Waals surface area (Å²) in [6.07, 6.45) is 5.11. The van der Waals surface area contributed by atoms with Crippen LogP contribution in [0, 0.1) is 22.0 Å². The molecule has 1 aromatic carbocycles. The highest BCUT2D eigenvalue weighted by molar-refractivity contribution is 5.61. The summed E-state index contributed by atoms with van der Waals surface area (Å²) < 4.78 is 0. The lowest BCUT2D eigenvalue weighted by atomic mass is 9.74. The monoisotopic (exact) mass is 260 g/mol. The number of hydrogen-bond acceptors (Lipinski definition) is 3. The number of benzene rings is 1. The Morgan fingerprint density at radius 3 is 2.68 bits per heavy atom. The van der Waals surface area contributed by atoms with Crippen LogP contribution < -0.4 is 5.32 Å². The van der Waals surface area contributed by atoms with Gasteiger partial charge in [-0.2, -0.15) is 0 Å². The van der Waals surface area contributed by atoms with E-state index < -0.39 is 0 Å². The quantitative estimate of drug-likeness (QED) is 0.647. The molecule has 1 heterocycles. The van der Waals surface area contributed by atoms with Gasteiger partial charge >= 0.3 is 0 Å². The summed E-state index contributed by atoms with van der Waals surface area (Å²) in [5.41, 5.74) is 2.47. The molecule has 1 N–H and O–H groups in total. The fourth-order valence-corrected chi connectivity index (χ4v) is 3.57. The lowest BCUT2D eigenvalue weighted by Crippen LogP contribution is -2.20. The number of rotatable bonds is 2. The van der Waals surface area contributed by atoms with Crippen LogP contribution >= 0.6 is 0 Å². The van der Waals surface area contributed by atoms with Gasteiger partial charge in [-0.05, 0) is 36.3 Å². The lowest BCUT2D eigenvalue weighted by Gasteiger charge is -2.30. The van der Waals surface area contributed by atoms with Crippen molar-refractivity contribution in [1.29, 1.82) is 0 Å². The molecule has 0 aromatic heterocycles. The van der Waals surface area contributed by atoms with Crippen LogP contribution in [0.15, 0.2) is 18.2 Å². The molecule has 0 amide bonds. The van der Waals surface area contributed by atoms with Gasteiger partial charge in [0.2, 0.25) is 0 Å². The molecule has 0 spiro atoms. The summed E-state index contributed by atoms with van der Waals surface area (Å²) in [6.45, 7) is 3.26. The van der Waals surface area contributed by atoms with Crippen LogP contribution in [-0.4, -0.2) is 11.5 Å². The van der Waals surface area contributed by atoms with E-state index in [1.807, 2.05) is 6.07 Å². The number of hydrogen-bond donors (Lipinski definition) is 1. The van der Waals surface area contributed by atoms with Crippen molar-refractivity contribution in [3.63, 3.8) is 0 Å². The van der Waals surface area contributed by atoms with Gasteiger partial charge in [0.25, 0.3) is 5.69 Å². The first kappa shape index (κ1) is 12.5. The Hall–Kier alpha value is -1.58. The highest BCUT2D eigenvalue weighted by Crippen LogP contribution is 2.44. The van der Waals surface area contributed by atoms with Crippen LogP contribution in [0.25, 0.3) is 0 Å². The van der Waals surface area contributed by atoms with E-state index in [4.69, 9.17) is 0 Å². The maximum absolute atomic E-state index is 10.9. The van der Waals surface area contributed by atoms with Gasteiger partial charge in [0.1, 0.15) is 0 Å². The summed E-state index contributed by atoms with van der Waals surface area (Å²) >= 11 is 0. The SMILES string of the molecule is CC1CCC(C2CNc3ccc([N+](=O)[O-])cc32)CC1. The number of nitro groups is 1. The van der Waals surface area contributed by atoms with E-state index in [9.17, 15) is 10.1 Å². The molecule has 0 bridgehead atoms. The Bertz CT molecular complexity index is 493. The van der Waals surface area contributed by atoms with Crippen LogP contribution in [0.4, 0.5) is 11.4 Å². The van der Waals surface area contributed by atoms with Crippen LogP contribution in [-0.2, 0) is 0 Å². The zero-order valence-electron chi connectivity index (χ0n) is 11.3. The predicted octanol–water partition coefficient (Wildman–Crippen LogP) is 3.93. The molecule has 4 nitrogen and oxygen atoms in total. The molecule has 1 unspecified atom stereocenters. The predicted molar refractivity (Wildman–Crippen MR) is 75.4 cm³/mol. The largest absolute Gasteiger partial charge is 0.384 e. The number of nitro benzene ring substituents is 1. The van der Waals surface area contributed by atoms with E-state index in [0.29, 0.717) is 11.8 Å². The minimum absolute atomic E-state index is 0.219. The summed E-state index contributed by atoms with van der Waals surface area (Å²) in [5, 5.41) is 14.3. The number of nitrogens with zero attached hydrogens (tertiary/aromatic N) is 1. The minimum atomic E-state index is -0.293. The maximum Gasteiger partial charge on any atom is 0.269 e. The zero-order valence-corrected chi connectivity index (χ0v) is 11.3. The second-order valence-corrected chi connectivity index (χ2v) is 6.04. The first-order valence-corrected chi connectivity index (χ1v) is 7.17. The normalized spacial score (nSPS) is 29.6. The molecule has 1 aliphatic heterocycles. The molecule has 0 saturated heterocycles. The van der Waals surface area contributed by atoms with Crippen LogP contribution in [0.5, 0.6) is 0 Å². The molecule has 1 fully saturated rings. The number of non-ortho nitro benzene ring substituents is 1. The second-order valence-electron chi connectivity index (χ2n) is 6.04. The molecule has 2 aliphatic rings. The standard InChI is InChI=1S/C15H20N2O2/c1-10-2-4-11(5-3-10)14-9-16-15-7-6-12(17(18)19)8-13(14)15/h6-8,10-11,14,16H,2-5,9H2,1H3. The molecule has 1 aliphatic carbocycles. The van der Waals surface area contributed by atoms with E-state index in [0.717, 1.165) is 23.7 Å². The molecular weight excluding hydrogens is 240 g/mol. The van der Waals surface area contributed by atoms with Crippen molar-refractivity contribution >= 4 is 11.4 Å². The Kier molecular flexibility index (Phi) is 3.17. The highest BCUT2D eigenvalue weighted by Gasteiger charge is 2.32. The van der Waals surface area contributed by atoms with Crippen LogP contribution in [0.1, 0.15) is 44.1 Å². The van der Waals surface area contributed by atoms with Gasteiger partial charge in [-0.25, -0.2) is 0 Å². The van der Waals surface area contributed by atoms with Crippen molar-refractivity contribution in [3.05, 3.63) is 33.9 Å². The molecule has 0 radical (unpaired) electrons.